The lowest BCUT2D eigenvalue weighted by Gasteiger charge is -2.39. The number of halogens is 4. The van der Waals surface area contributed by atoms with E-state index in [0.29, 0.717) is 19.6 Å². The summed E-state index contributed by atoms with van der Waals surface area (Å²) in [7, 11) is 0. The predicted molar refractivity (Wildman–Crippen MR) is 97.4 cm³/mol. The van der Waals surface area contributed by atoms with Crippen molar-refractivity contribution in [2.75, 3.05) is 19.6 Å². The second-order valence-corrected chi connectivity index (χ2v) is 7.36. The largest absolute Gasteiger partial charge is 0.417 e. The maximum atomic E-state index is 13.1. The van der Waals surface area contributed by atoms with Gasteiger partial charge in [-0.25, -0.2) is 0 Å². The van der Waals surface area contributed by atoms with E-state index in [2.05, 4.69) is 0 Å². The van der Waals surface area contributed by atoms with Crippen LogP contribution in [0, 0.1) is 0 Å². The van der Waals surface area contributed by atoms with Crippen LogP contribution in [0.1, 0.15) is 35.6 Å². The van der Waals surface area contributed by atoms with E-state index in [1.54, 1.807) is 0 Å². The number of aliphatic hydroxyl groups excluding tert-OH is 1. The molecule has 1 saturated heterocycles. The standard InChI is InChI=1S/C20H21ClF3NO2/c21-17-7-6-15(12-16(17)20(22,23)24)19(27)8-10-25(11-9-19)13-18(26)14-4-2-1-3-5-14/h1-7,12,18,26-27H,8-11,13H2/t18-/m1/s1. The molecule has 3 nitrogen and oxygen atoms in total. The minimum Gasteiger partial charge on any atom is -0.387 e. The lowest BCUT2D eigenvalue weighted by Crippen LogP contribution is -2.44. The van der Waals surface area contributed by atoms with Gasteiger partial charge in [0.05, 0.1) is 22.3 Å². The number of β-amino-alcohol motifs (C(OH)–C–C–N with tert-alkyl or cyclic N) is 1. The number of hydrogen-bond acceptors (Lipinski definition) is 3. The average Bonchev–Trinajstić information content (AvgIpc) is 2.64. The van der Waals surface area contributed by atoms with Crippen molar-refractivity contribution >= 4 is 11.6 Å². The van der Waals surface area contributed by atoms with Crippen LogP contribution in [-0.4, -0.2) is 34.7 Å². The molecule has 0 aromatic heterocycles. The maximum Gasteiger partial charge on any atom is 0.417 e. The second-order valence-electron chi connectivity index (χ2n) is 6.95. The third-order valence-corrected chi connectivity index (χ3v) is 5.44. The van der Waals surface area contributed by atoms with Crippen molar-refractivity contribution in [2.45, 2.75) is 30.7 Å². The van der Waals surface area contributed by atoms with E-state index in [-0.39, 0.29) is 23.4 Å². The van der Waals surface area contributed by atoms with Crippen LogP contribution in [0.25, 0.3) is 0 Å². The van der Waals surface area contributed by atoms with Crippen LogP contribution in [-0.2, 0) is 11.8 Å². The van der Waals surface area contributed by atoms with Gasteiger partial charge in [-0.2, -0.15) is 13.2 Å². The third-order valence-electron chi connectivity index (χ3n) is 5.11. The lowest BCUT2D eigenvalue weighted by molar-refractivity contribution is -0.137. The summed E-state index contributed by atoms with van der Waals surface area (Å²) in [5, 5.41) is 20.8. The van der Waals surface area contributed by atoms with Crippen molar-refractivity contribution in [3.8, 4) is 0 Å². The van der Waals surface area contributed by atoms with Crippen molar-refractivity contribution in [1.29, 1.82) is 0 Å². The van der Waals surface area contributed by atoms with Gasteiger partial charge in [-0.05, 0) is 36.1 Å². The molecule has 2 N–H and O–H groups in total. The van der Waals surface area contributed by atoms with Crippen molar-refractivity contribution in [1.82, 2.24) is 4.90 Å². The first kappa shape index (κ1) is 20.1. The molecule has 1 aliphatic rings. The number of likely N-dealkylation sites (tertiary alicyclic amines) is 1. The number of benzene rings is 2. The van der Waals surface area contributed by atoms with Crippen LogP contribution < -0.4 is 0 Å². The summed E-state index contributed by atoms with van der Waals surface area (Å²) in [6.45, 7) is 1.36. The minimum absolute atomic E-state index is 0.225. The molecule has 0 amide bonds. The topological polar surface area (TPSA) is 43.7 Å². The van der Waals surface area contributed by atoms with Crippen LogP contribution in [0.2, 0.25) is 5.02 Å². The monoisotopic (exact) mass is 399 g/mol. The van der Waals surface area contributed by atoms with E-state index in [9.17, 15) is 23.4 Å². The first-order valence-electron chi connectivity index (χ1n) is 8.74. The van der Waals surface area contributed by atoms with Gasteiger partial charge in [0.1, 0.15) is 0 Å². The highest BCUT2D eigenvalue weighted by atomic mass is 35.5. The first-order chi connectivity index (χ1) is 12.7. The van der Waals surface area contributed by atoms with E-state index >= 15 is 0 Å². The number of rotatable bonds is 4. The Labute approximate surface area is 161 Å². The normalized spacial score (nSPS) is 19.0. The van der Waals surface area contributed by atoms with Crippen molar-refractivity contribution < 1.29 is 23.4 Å². The summed E-state index contributed by atoms with van der Waals surface area (Å²) in [5.74, 6) is 0. The molecule has 0 unspecified atom stereocenters. The molecule has 2 aromatic rings. The second kappa shape index (κ2) is 7.80. The number of piperidine rings is 1. The summed E-state index contributed by atoms with van der Waals surface area (Å²) >= 11 is 5.67. The third kappa shape index (κ3) is 4.63. The summed E-state index contributed by atoms with van der Waals surface area (Å²) < 4.78 is 39.3. The zero-order valence-corrected chi connectivity index (χ0v) is 15.3. The number of alkyl halides is 3. The number of hydrogen-bond donors (Lipinski definition) is 2. The summed E-state index contributed by atoms with van der Waals surface area (Å²) in [4.78, 5) is 2.01. The van der Waals surface area contributed by atoms with Crippen molar-refractivity contribution in [3.63, 3.8) is 0 Å². The molecule has 146 valence electrons. The van der Waals surface area contributed by atoms with E-state index in [1.807, 2.05) is 35.2 Å². The molecule has 7 heteroatoms. The quantitative estimate of drug-likeness (QED) is 0.802. The van der Waals surface area contributed by atoms with Crippen LogP contribution >= 0.6 is 11.6 Å². The molecule has 1 aliphatic heterocycles. The van der Waals surface area contributed by atoms with Gasteiger partial charge >= 0.3 is 6.18 Å². The molecule has 0 spiro atoms. The average molecular weight is 400 g/mol. The fourth-order valence-electron chi connectivity index (χ4n) is 3.45. The van der Waals surface area contributed by atoms with Gasteiger partial charge in [-0.15, -0.1) is 0 Å². The Hall–Kier alpha value is -1.60. The maximum absolute atomic E-state index is 13.1. The van der Waals surface area contributed by atoms with Crippen LogP contribution in [0.4, 0.5) is 13.2 Å². The first-order valence-corrected chi connectivity index (χ1v) is 9.12. The van der Waals surface area contributed by atoms with Gasteiger partial charge in [0.2, 0.25) is 0 Å². The highest BCUT2D eigenvalue weighted by molar-refractivity contribution is 6.31. The SMILES string of the molecule is O[C@H](CN1CCC(O)(c2ccc(Cl)c(C(F)(F)F)c2)CC1)c1ccccc1. The number of nitrogens with zero attached hydrogens (tertiary/aromatic N) is 1. The van der Waals surface area contributed by atoms with Crippen LogP contribution in [0.3, 0.4) is 0 Å². The van der Waals surface area contributed by atoms with Crippen molar-refractivity contribution in [3.05, 3.63) is 70.2 Å². The Morgan fingerprint density at radius 3 is 2.30 bits per heavy atom. The Bertz CT molecular complexity index is 775. The molecule has 0 saturated carbocycles. The number of aliphatic hydroxyl groups is 2. The van der Waals surface area contributed by atoms with Crippen LogP contribution in [0.5, 0.6) is 0 Å². The fourth-order valence-corrected chi connectivity index (χ4v) is 3.68. The van der Waals surface area contributed by atoms with E-state index in [4.69, 9.17) is 11.6 Å². The Morgan fingerprint density at radius 2 is 1.70 bits per heavy atom. The van der Waals surface area contributed by atoms with Gasteiger partial charge in [-0.1, -0.05) is 48.0 Å². The molecule has 0 aliphatic carbocycles. The zero-order valence-electron chi connectivity index (χ0n) is 14.6. The van der Waals surface area contributed by atoms with Crippen molar-refractivity contribution in [2.24, 2.45) is 0 Å². The Morgan fingerprint density at radius 1 is 1.07 bits per heavy atom. The lowest BCUT2D eigenvalue weighted by atomic mass is 9.83. The smallest absolute Gasteiger partial charge is 0.387 e. The zero-order chi connectivity index (χ0) is 19.7. The molecule has 3 rings (SSSR count). The highest BCUT2D eigenvalue weighted by Gasteiger charge is 2.38. The van der Waals surface area contributed by atoms with Gasteiger partial charge in [-0.3, -0.25) is 0 Å². The fraction of sp³-hybridized carbons (Fsp3) is 0.400. The molecule has 0 bridgehead atoms. The highest BCUT2D eigenvalue weighted by Crippen LogP contribution is 2.40. The molecule has 1 atom stereocenters. The summed E-state index contributed by atoms with van der Waals surface area (Å²) in [6, 6.07) is 12.8. The van der Waals surface area contributed by atoms with E-state index < -0.39 is 23.4 Å². The van der Waals surface area contributed by atoms with Gasteiger partial charge in [0.25, 0.3) is 0 Å². The molecule has 1 fully saturated rings. The molecule has 2 aromatic carbocycles. The summed E-state index contributed by atoms with van der Waals surface area (Å²) in [5.41, 5.74) is -1.23. The van der Waals surface area contributed by atoms with E-state index in [0.717, 1.165) is 11.6 Å². The predicted octanol–water partition coefficient (Wildman–Crippen LogP) is 4.38. The minimum atomic E-state index is -4.57. The van der Waals surface area contributed by atoms with Crippen LogP contribution in [0.15, 0.2) is 48.5 Å². The summed E-state index contributed by atoms with van der Waals surface area (Å²) in [6.07, 6.45) is -4.64. The molecular weight excluding hydrogens is 379 g/mol. The van der Waals surface area contributed by atoms with Gasteiger partial charge in [0, 0.05) is 19.6 Å². The molecule has 0 radical (unpaired) electrons. The van der Waals surface area contributed by atoms with Gasteiger partial charge in [0.15, 0.2) is 0 Å². The molecule has 1 heterocycles. The molecule has 27 heavy (non-hydrogen) atoms. The Balaban J connectivity index is 1.67. The van der Waals surface area contributed by atoms with Gasteiger partial charge < -0.3 is 15.1 Å². The Kier molecular flexibility index (Phi) is 5.82. The molecular formula is C20H21ClF3NO2. The van der Waals surface area contributed by atoms with E-state index in [1.165, 1.54) is 12.1 Å².